The Balaban J connectivity index is 2.72. The van der Waals surface area contributed by atoms with Crippen molar-refractivity contribution < 1.29 is 4.79 Å². The van der Waals surface area contributed by atoms with Crippen LogP contribution in [-0.4, -0.2) is 40.7 Å². The highest BCUT2D eigenvalue weighted by atomic mass is 16.2. The van der Waals surface area contributed by atoms with Crippen molar-refractivity contribution in [2.75, 3.05) is 25.5 Å². The third kappa shape index (κ3) is 4.73. The molecule has 0 spiro atoms. The minimum atomic E-state index is -0.272. The predicted octanol–water partition coefficient (Wildman–Crippen LogP) is 0.789. The van der Waals surface area contributed by atoms with Crippen LogP contribution in [0, 0.1) is 5.92 Å². The van der Waals surface area contributed by atoms with Crippen LogP contribution in [0.5, 0.6) is 0 Å². The Morgan fingerprint density at radius 3 is 2.74 bits per heavy atom. The molecule has 0 atom stereocenters. The van der Waals surface area contributed by atoms with Crippen molar-refractivity contribution in [1.82, 2.24) is 14.7 Å². The molecule has 1 heterocycles. The molecule has 1 N–H and O–H groups in total. The van der Waals surface area contributed by atoms with Crippen LogP contribution < -0.4 is 10.9 Å². The van der Waals surface area contributed by atoms with E-state index in [0.717, 1.165) is 6.54 Å². The molecule has 0 saturated heterocycles. The number of likely N-dealkylation sites (N-methyl/N-ethyl adjacent to an activating group) is 1. The Labute approximate surface area is 113 Å². The number of hydrogen-bond donors (Lipinski definition) is 1. The molecule has 0 unspecified atom stereocenters. The summed E-state index contributed by atoms with van der Waals surface area (Å²) in [7, 11) is 1.70. The molecule has 0 aromatic carbocycles. The maximum atomic E-state index is 11.8. The van der Waals surface area contributed by atoms with E-state index in [-0.39, 0.29) is 18.0 Å². The first-order valence-corrected chi connectivity index (χ1v) is 6.49. The second kappa shape index (κ2) is 6.92. The third-order valence-corrected chi connectivity index (χ3v) is 2.77. The van der Waals surface area contributed by atoms with E-state index in [0.29, 0.717) is 18.2 Å². The Bertz CT molecular complexity index is 482. The van der Waals surface area contributed by atoms with Gasteiger partial charge in [0.2, 0.25) is 5.91 Å². The van der Waals surface area contributed by atoms with Crippen molar-refractivity contribution >= 4 is 11.6 Å². The van der Waals surface area contributed by atoms with Gasteiger partial charge in [0, 0.05) is 26.2 Å². The Hall–Kier alpha value is -1.85. The highest BCUT2D eigenvalue weighted by Crippen LogP contribution is 2.02. The average molecular weight is 266 g/mol. The minimum absolute atomic E-state index is 0.0202. The SMILES string of the molecule is CCN(C)C(=O)Cn1ncc(NCC(C)C)cc1=O. The van der Waals surface area contributed by atoms with Crippen LogP contribution in [0.1, 0.15) is 20.8 Å². The monoisotopic (exact) mass is 266 g/mol. The highest BCUT2D eigenvalue weighted by molar-refractivity contribution is 5.75. The predicted molar refractivity (Wildman–Crippen MR) is 75.1 cm³/mol. The fourth-order valence-electron chi connectivity index (χ4n) is 1.40. The van der Waals surface area contributed by atoms with Gasteiger partial charge in [-0.15, -0.1) is 0 Å². The van der Waals surface area contributed by atoms with Crippen molar-refractivity contribution in [3.05, 3.63) is 22.6 Å². The van der Waals surface area contributed by atoms with Gasteiger partial charge in [0.05, 0.1) is 11.9 Å². The number of anilines is 1. The van der Waals surface area contributed by atoms with Crippen molar-refractivity contribution in [1.29, 1.82) is 0 Å². The molecule has 1 aromatic rings. The lowest BCUT2D eigenvalue weighted by molar-refractivity contribution is -0.130. The van der Waals surface area contributed by atoms with Crippen molar-refractivity contribution in [3.8, 4) is 0 Å². The van der Waals surface area contributed by atoms with E-state index >= 15 is 0 Å². The maximum Gasteiger partial charge on any atom is 0.269 e. The summed E-state index contributed by atoms with van der Waals surface area (Å²) >= 11 is 0. The standard InChI is InChI=1S/C13H22N4O2/c1-5-16(4)13(19)9-17-12(18)6-11(8-15-17)14-7-10(2)3/h6,8,10,14H,5,7,9H2,1-4H3. The number of nitrogens with zero attached hydrogens (tertiary/aromatic N) is 3. The van der Waals surface area contributed by atoms with Gasteiger partial charge in [-0.25, -0.2) is 4.68 Å². The van der Waals surface area contributed by atoms with Gasteiger partial charge >= 0.3 is 0 Å². The van der Waals surface area contributed by atoms with E-state index < -0.39 is 0 Å². The van der Waals surface area contributed by atoms with E-state index in [1.54, 1.807) is 18.1 Å². The zero-order chi connectivity index (χ0) is 14.4. The first kappa shape index (κ1) is 15.2. The summed E-state index contributed by atoms with van der Waals surface area (Å²) in [6.45, 7) is 7.42. The maximum absolute atomic E-state index is 11.8. The molecule has 0 saturated carbocycles. The van der Waals surface area contributed by atoms with Crippen molar-refractivity contribution in [2.45, 2.75) is 27.3 Å². The first-order chi connectivity index (χ1) is 8.93. The quantitative estimate of drug-likeness (QED) is 0.826. The normalized spacial score (nSPS) is 10.6. The van der Waals surface area contributed by atoms with Crippen LogP contribution in [0.15, 0.2) is 17.1 Å². The fraction of sp³-hybridized carbons (Fsp3) is 0.615. The second-order valence-electron chi connectivity index (χ2n) is 4.92. The average Bonchev–Trinajstić information content (AvgIpc) is 2.38. The topological polar surface area (TPSA) is 67.2 Å². The number of carbonyl (C=O) groups excluding carboxylic acids is 1. The van der Waals surface area contributed by atoms with Crippen LogP contribution >= 0.6 is 0 Å². The number of carbonyl (C=O) groups is 1. The van der Waals surface area contributed by atoms with Crippen LogP contribution in [0.4, 0.5) is 5.69 Å². The van der Waals surface area contributed by atoms with E-state index in [9.17, 15) is 9.59 Å². The number of amides is 1. The number of hydrogen-bond acceptors (Lipinski definition) is 4. The van der Waals surface area contributed by atoms with Gasteiger partial charge in [0.25, 0.3) is 5.56 Å². The molecule has 1 amide bonds. The molecule has 6 heteroatoms. The molecular weight excluding hydrogens is 244 g/mol. The minimum Gasteiger partial charge on any atom is -0.383 e. The van der Waals surface area contributed by atoms with Gasteiger partial charge in [0.1, 0.15) is 6.54 Å². The molecule has 6 nitrogen and oxygen atoms in total. The summed E-state index contributed by atoms with van der Waals surface area (Å²) in [5.41, 5.74) is 0.415. The van der Waals surface area contributed by atoms with Crippen LogP contribution in [0.25, 0.3) is 0 Å². The van der Waals surface area contributed by atoms with Crippen LogP contribution in [-0.2, 0) is 11.3 Å². The van der Waals surface area contributed by atoms with Crippen molar-refractivity contribution in [2.24, 2.45) is 5.92 Å². The molecular formula is C13H22N4O2. The molecule has 0 fully saturated rings. The molecule has 1 aromatic heterocycles. The summed E-state index contributed by atoms with van der Waals surface area (Å²) < 4.78 is 1.18. The Kier molecular flexibility index (Phi) is 5.54. The molecule has 0 radical (unpaired) electrons. The van der Waals surface area contributed by atoms with Gasteiger partial charge in [-0.1, -0.05) is 13.8 Å². The Morgan fingerprint density at radius 1 is 1.53 bits per heavy atom. The Morgan fingerprint density at radius 2 is 2.21 bits per heavy atom. The van der Waals surface area contributed by atoms with Gasteiger partial charge < -0.3 is 10.2 Å². The zero-order valence-corrected chi connectivity index (χ0v) is 12.0. The van der Waals surface area contributed by atoms with Gasteiger partial charge in [-0.05, 0) is 12.8 Å². The number of nitrogens with one attached hydrogen (secondary N) is 1. The summed E-state index contributed by atoms with van der Waals surface area (Å²) in [4.78, 5) is 25.1. The van der Waals surface area contributed by atoms with Gasteiger partial charge in [-0.2, -0.15) is 5.10 Å². The van der Waals surface area contributed by atoms with Crippen LogP contribution in [0.3, 0.4) is 0 Å². The molecule has 0 aliphatic carbocycles. The third-order valence-electron chi connectivity index (χ3n) is 2.77. The second-order valence-corrected chi connectivity index (χ2v) is 4.92. The largest absolute Gasteiger partial charge is 0.383 e. The van der Waals surface area contributed by atoms with E-state index in [1.165, 1.54) is 10.7 Å². The van der Waals surface area contributed by atoms with E-state index in [4.69, 9.17) is 0 Å². The first-order valence-electron chi connectivity index (χ1n) is 6.49. The van der Waals surface area contributed by atoms with Crippen molar-refractivity contribution in [3.63, 3.8) is 0 Å². The highest BCUT2D eigenvalue weighted by Gasteiger charge is 2.09. The van der Waals surface area contributed by atoms with Gasteiger partial charge in [-0.3, -0.25) is 9.59 Å². The zero-order valence-electron chi connectivity index (χ0n) is 12.0. The molecule has 106 valence electrons. The summed E-state index contributed by atoms with van der Waals surface area (Å²) in [5, 5.41) is 7.14. The number of aromatic nitrogens is 2. The van der Waals surface area contributed by atoms with E-state index in [2.05, 4.69) is 24.3 Å². The lowest BCUT2D eigenvalue weighted by Gasteiger charge is -2.15. The lowest BCUT2D eigenvalue weighted by atomic mass is 10.2. The lowest BCUT2D eigenvalue weighted by Crippen LogP contribution is -2.34. The molecule has 1 rings (SSSR count). The smallest absolute Gasteiger partial charge is 0.269 e. The van der Waals surface area contributed by atoms with Gasteiger partial charge in [0.15, 0.2) is 0 Å². The summed E-state index contributed by atoms with van der Waals surface area (Å²) in [6, 6.07) is 1.47. The molecule has 19 heavy (non-hydrogen) atoms. The number of rotatable bonds is 6. The fourth-order valence-corrected chi connectivity index (χ4v) is 1.40. The molecule has 0 aliphatic heterocycles. The van der Waals surface area contributed by atoms with E-state index in [1.807, 2.05) is 6.92 Å². The summed E-state index contributed by atoms with van der Waals surface area (Å²) in [6.07, 6.45) is 1.57. The van der Waals surface area contributed by atoms with Crippen LogP contribution in [0.2, 0.25) is 0 Å². The summed E-state index contributed by atoms with van der Waals surface area (Å²) in [5.74, 6) is 0.363. The molecule has 0 aliphatic rings. The molecule has 0 bridgehead atoms.